The number of hydrogen-bond donors (Lipinski definition) is 1. The van der Waals surface area contributed by atoms with E-state index in [0.29, 0.717) is 0 Å². The first kappa shape index (κ1) is 15.6. The number of nitrogens with one attached hydrogen (secondary N) is 1. The largest absolute Gasteiger partial charge is 0.317 e. The molecule has 0 spiro atoms. The number of fused-ring (bicyclic) bond motifs is 1. The van der Waals surface area contributed by atoms with E-state index in [9.17, 15) is 0 Å². The smallest absolute Gasteiger partial charge is 0.0177 e. The van der Waals surface area contributed by atoms with Crippen LogP contribution in [-0.4, -0.2) is 61.7 Å². The van der Waals surface area contributed by atoms with E-state index in [0.717, 1.165) is 12.0 Å². The predicted octanol–water partition coefficient (Wildman–Crippen LogP) is 2.16. The first-order valence-electron chi connectivity index (χ1n) is 9.62. The minimum Gasteiger partial charge on any atom is -0.317 e. The zero-order valence-electron chi connectivity index (χ0n) is 14.3. The number of hydrogen-bond acceptors (Lipinski definition) is 3. The van der Waals surface area contributed by atoms with Gasteiger partial charge >= 0.3 is 0 Å². The summed E-state index contributed by atoms with van der Waals surface area (Å²) < 4.78 is 0. The molecule has 0 amide bonds. The van der Waals surface area contributed by atoms with Crippen LogP contribution < -0.4 is 5.32 Å². The van der Waals surface area contributed by atoms with Gasteiger partial charge in [0.2, 0.25) is 0 Å². The number of piperidine rings is 1. The van der Waals surface area contributed by atoms with Crippen molar-refractivity contribution in [1.29, 1.82) is 0 Å². The SMILES string of the molecule is c1ccc2c(c1)CC(N1CCCN(CC3CCNCC3)CC1)C2. The second-order valence-corrected chi connectivity index (χ2v) is 7.71. The van der Waals surface area contributed by atoms with Gasteiger partial charge in [-0.25, -0.2) is 0 Å². The van der Waals surface area contributed by atoms with Crippen molar-refractivity contribution in [3.05, 3.63) is 35.4 Å². The van der Waals surface area contributed by atoms with Crippen molar-refractivity contribution in [2.75, 3.05) is 45.8 Å². The van der Waals surface area contributed by atoms with Crippen molar-refractivity contribution < 1.29 is 0 Å². The van der Waals surface area contributed by atoms with Crippen molar-refractivity contribution >= 4 is 0 Å². The Morgan fingerprint density at radius 3 is 2.39 bits per heavy atom. The van der Waals surface area contributed by atoms with E-state index in [1.807, 2.05) is 0 Å². The van der Waals surface area contributed by atoms with E-state index in [1.165, 1.54) is 77.9 Å². The molecule has 2 heterocycles. The van der Waals surface area contributed by atoms with Gasteiger partial charge in [-0.15, -0.1) is 0 Å². The van der Waals surface area contributed by atoms with Gasteiger partial charge in [-0.2, -0.15) is 0 Å². The van der Waals surface area contributed by atoms with Gasteiger partial charge < -0.3 is 10.2 Å². The quantitative estimate of drug-likeness (QED) is 0.922. The highest BCUT2D eigenvalue weighted by atomic mass is 15.2. The van der Waals surface area contributed by atoms with E-state index >= 15 is 0 Å². The fourth-order valence-electron chi connectivity index (χ4n) is 4.76. The van der Waals surface area contributed by atoms with Gasteiger partial charge in [0.05, 0.1) is 0 Å². The maximum absolute atomic E-state index is 3.49. The van der Waals surface area contributed by atoms with E-state index in [4.69, 9.17) is 0 Å². The van der Waals surface area contributed by atoms with Crippen molar-refractivity contribution in [2.45, 2.75) is 38.1 Å². The van der Waals surface area contributed by atoms with Crippen LogP contribution in [0.15, 0.2) is 24.3 Å². The lowest BCUT2D eigenvalue weighted by atomic mass is 9.97. The average Bonchev–Trinajstić information content (AvgIpc) is 2.89. The molecular weight excluding hydrogens is 282 g/mol. The molecule has 0 aromatic heterocycles. The van der Waals surface area contributed by atoms with Gasteiger partial charge in [0.15, 0.2) is 0 Å². The molecule has 23 heavy (non-hydrogen) atoms. The highest BCUT2D eigenvalue weighted by Gasteiger charge is 2.28. The Morgan fingerprint density at radius 1 is 0.913 bits per heavy atom. The van der Waals surface area contributed by atoms with Gasteiger partial charge in [-0.1, -0.05) is 24.3 Å². The van der Waals surface area contributed by atoms with Crippen LogP contribution in [0.5, 0.6) is 0 Å². The molecule has 126 valence electrons. The number of benzene rings is 1. The Balaban J connectivity index is 1.30. The lowest BCUT2D eigenvalue weighted by Crippen LogP contribution is -2.40. The molecule has 1 aromatic carbocycles. The molecule has 3 aliphatic rings. The summed E-state index contributed by atoms with van der Waals surface area (Å²) in [6.45, 7) is 8.93. The normalized spacial score (nSPS) is 25.4. The molecule has 0 bridgehead atoms. The van der Waals surface area contributed by atoms with Crippen LogP contribution in [0.25, 0.3) is 0 Å². The van der Waals surface area contributed by atoms with E-state index in [-0.39, 0.29) is 0 Å². The minimum absolute atomic E-state index is 0.756. The summed E-state index contributed by atoms with van der Waals surface area (Å²) in [5.41, 5.74) is 3.18. The van der Waals surface area contributed by atoms with Crippen molar-refractivity contribution in [2.24, 2.45) is 5.92 Å². The standard InChI is InChI=1S/C20H31N3/c1-2-5-19-15-20(14-18(19)4-1)23-11-3-10-22(12-13-23)16-17-6-8-21-9-7-17/h1-2,4-5,17,20-21H,3,6-16H2. The highest BCUT2D eigenvalue weighted by molar-refractivity contribution is 5.33. The molecule has 4 rings (SSSR count). The molecule has 1 aliphatic carbocycles. The van der Waals surface area contributed by atoms with E-state index in [2.05, 4.69) is 39.4 Å². The average molecular weight is 313 g/mol. The van der Waals surface area contributed by atoms with Crippen LogP contribution in [0.1, 0.15) is 30.4 Å². The summed E-state index contributed by atoms with van der Waals surface area (Å²) in [5, 5.41) is 3.49. The van der Waals surface area contributed by atoms with Crippen molar-refractivity contribution in [1.82, 2.24) is 15.1 Å². The van der Waals surface area contributed by atoms with Crippen LogP contribution in [0.4, 0.5) is 0 Å². The van der Waals surface area contributed by atoms with Crippen molar-refractivity contribution in [3.63, 3.8) is 0 Å². The molecule has 2 fully saturated rings. The summed E-state index contributed by atoms with van der Waals surface area (Å²) in [6, 6.07) is 9.81. The van der Waals surface area contributed by atoms with Crippen LogP contribution in [-0.2, 0) is 12.8 Å². The predicted molar refractivity (Wildman–Crippen MR) is 95.9 cm³/mol. The fourth-order valence-corrected chi connectivity index (χ4v) is 4.76. The second kappa shape index (κ2) is 7.33. The molecule has 3 heteroatoms. The monoisotopic (exact) mass is 313 g/mol. The first-order valence-corrected chi connectivity index (χ1v) is 9.62. The van der Waals surface area contributed by atoms with Crippen LogP contribution in [0.2, 0.25) is 0 Å². The summed E-state index contributed by atoms with van der Waals surface area (Å²) in [6.07, 6.45) is 6.63. The maximum atomic E-state index is 3.49. The summed E-state index contributed by atoms with van der Waals surface area (Å²) in [4.78, 5) is 5.53. The highest BCUT2D eigenvalue weighted by Crippen LogP contribution is 2.26. The topological polar surface area (TPSA) is 18.5 Å². The molecule has 1 aromatic rings. The summed E-state index contributed by atoms with van der Waals surface area (Å²) in [5.74, 6) is 0.929. The third kappa shape index (κ3) is 3.78. The zero-order chi connectivity index (χ0) is 15.5. The van der Waals surface area contributed by atoms with Crippen molar-refractivity contribution in [3.8, 4) is 0 Å². The van der Waals surface area contributed by atoms with Gasteiger partial charge in [0.1, 0.15) is 0 Å². The molecule has 0 radical (unpaired) electrons. The molecule has 1 N–H and O–H groups in total. The number of nitrogens with zero attached hydrogens (tertiary/aromatic N) is 2. The fraction of sp³-hybridized carbons (Fsp3) is 0.700. The summed E-state index contributed by atoms with van der Waals surface area (Å²) in [7, 11) is 0. The Labute approximate surface area is 141 Å². The lowest BCUT2D eigenvalue weighted by molar-refractivity contribution is 0.186. The lowest BCUT2D eigenvalue weighted by Gasteiger charge is -2.30. The van der Waals surface area contributed by atoms with Gasteiger partial charge in [0.25, 0.3) is 0 Å². The molecule has 2 aliphatic heterocycles. The Kier molecular flexibility index (Phi) is 4.98. The Bertz CT molecular complexity index is 484. The van der Waals surface area contributed by atoms with Crippen LogP contribution in [0, 0.1) is 5.92 Å². The van der Waals surface area contributed by atoms with E-state index in [1.54, 1.807) is 11.1 Å². The molecule has 2 saturated heterocycles. The Morgan fingerprint density at radius 2 is 1.65 bits per heavy atom. The van der Waals surface area contributed by atoms with Crippen LogP contribution >= 0.6 is 0 Å². The third-order valence-electron chi connectivity index (χ3n) is 6.14. The third-order valence-corrected chi connectivity index (χ3v) is 6.14. The minimum atomic E-state index is 0.756. The van der Waals surface area contributed by atoms with Gasteiger partial charge in [0, 0.05) is 25.7 Å². The molecule has 3 nitrogen and oxygen atoms in total. The second-order valence-electron chi connectivity index (χ2n) is 7.71. The van der Waals surface area contributed by atoms with Crippen LogP contribution in [0.3, 0.4) is 0 Å². The first-order chi connectivity index (χ1) is 11.4. The summed E-state index contributed by atoms with van der Waals surface area (Å²) >= 11 is 0. The Hall–Kier alpha value is -0.900. The molecular formula is C20H31N3. The molecule has 0 saturated carbocycles. The molecule has 0 unspecified atom stereocenters. The van der Waals surface area contributed by atoms with Gasteiger partial charge in [-0.3, -0.25) is 4.90 Å². The van der Waals surface area contributed by atoms with Gasteiger partial charge in [-0.05, 0) is 75.3 Å². The van der Waals surface area contributed by atoms with E-state index < -0.39 is 0 Å². The maximum Gasteiger partial charge on any atom is 0.0177 e. The molecule has 0 atom stereocenters. The zero-order valence-corrected chi connectivity index (χ0v) is 14.3. The number of rotatable bonds is 3.